The van der Waals surface area contributed by atoms with Crippen LogP contribution >= 0.6 is 24.8 Å². The van der Waals surface area contributed by atoms with Gasteiger partial charge in [-0.05, 0) is 12.1 Å². The molecule has 1 aliphatic rings. The van der Waals surface area contributed by atoms with Gasteiger partial charge >= 0.3 is 0 Å². The van der Waals surface area contributed by atoms with Crippen molar-refractivity contribution in [2.24, 2.45) is 11.7 Å². The van der Waals surface area contributed by atoms with E-state index in [1.165, 1.54) is 0 Å². The summed E-state index contributed by atoms with van der Waals surface area (Å²) in [5, 5.41) is 0. The van der Waals surface area contributed by atoms with Crippen molar-refractivity contribution in [3.63, 3.8) is 0 Å². The third-order valence-corrected chi connectivity index (χ3v) is 4.26. The Balaban J connectivity index is 0.00000144. The number of carbonyl (C=O) groups is 1. The average Bonchev–Trinajstić information content (AvgIpc) is 2.96. The normalized spacial score (nSPS) is 16.3. The minimum atomic E-state index is -0.0787. The number of fused-ring (bicyclic) bond motifs is 1. The van der Waals surface area contributed by atoms with Gasteiger partial charge in [-0.3, -0.25) is 9.69 Å². The van der Waals surface area contributed by atoms with Crippen LogP contribution in [-0.4, -0.2) is 57.8 Å². The van der Waals surface area contributed by atoms with Crippen molar-refractivity contribution in [2.75, 3.05) is 32.7 Å². The molecule has 0 spiro atoms. The number of pyridine rings is 1. The predicted octanol–water partition coefficient (Wildman–Crippen LogP) is 1.42. The molecule has 2 aromatic rings. The Kier molecular flexibility index (Phi) is 7.96. The molecule has 134 valence electrons. The van der Waals surface area contributed by atoms with Gasteiger partial charge in [-0.1, -0.05) is 13.0 Å². The Labute approximate surface area is 154 Å². The van der Waals surface area contributed by atoms with E-state index in [2.05, 4.69) is 16.1 Å². The molecule has 1 unspecified atom stereocenters. The fourth-order valence-electron chi connectivity index (χ4n) is 2.83. The van der Waals surface area contributed by atoms with Gasteiger partial charge in [0, 0.05) is 57.6 Å². The highest BCUT2D eigenvalue weighted by Gasteiger charge is 2.24. The van der Waals surface area contributed by atoms with Crippen LogP contribution in [0.4, 0.5) is 0 Å². The quantitative estimate of drug-likeness (QED) is 0.879. The molecule has 0 aromatic carbocycles. The summed E-state index contributed by atoms with van der Waals surface area (Å²) in [7, 11) is 0. The van der Waals surface area contributed by atoms with E-state index in [0.717, 1.165) is 44.1 Å². The predicted molar refractivity (Wildman–Crippen MR) is 99.8 cm³/mol. The second-order valence-corrected chi connectivity index (χ2v) is 5.94. The molecule has 1 saturated heterocycles. The van der Waals surface area contributed by atoms with E-state index in [9.17, 15) is 4.79 Å². The van der Waals surface area contributed by atoms with Gasteiger partial charge in [0.25, 0.3) is 0 Å². The summed E-state index contributed by atoms with van der Waals surface area (Å²) in [5.74, 6) is 0.0971. The van der Waals surface area contributed by atoms with Crippen LogP contribution in [0.25, 0.3) is 5.65 Å². The molecule has 0 aliphatic carbocycles. The maximum atomic E-state index is 12.1. The van der Waals surface area contributed by atoms with E-state index < -0.39 is 0 Å². The van der Waals surface area contributed by atoms with Crippen LogP contribution in [0.2, 0.25) is 0 Å². The molecule has 1 amide bonds. The fourth-order valence-corrected chi connectivity index (χ4v) is 2.83. The molecule has 24 heavy (non-hydrogen) atoms. The van der Waals surface area contributed by atoms with Gasteiger partial charge in [-0.2, -0.15) is 0 Å². The van der Waals surface area contributed by atoms with E-state index in [-0.39, 0.29) is 36.6 Å². The first-order valence-corrected chi connectivity index (χ1v) is 7.81. The number of nitrogens with zero attached hydrogens (tertiary/aromatic N) is 4. The summed E-state index contributed by atoms with van der Waals surface area (Å²) in [5.41, 5.74) is 7.62. The van der Waals surface area contributed by atoms with Gasteiger partial charge in [0.1, 0.15) is 5.65 Å². The van der Waals surface area contributed by atoms with E-state index in [1.807, 2.05) is 40.6 Å². The zero-order chi connectivity index (χ0) is 15.5. The van der Waals surface area contributed by atoms with Crippen molar-refractivity contribution in [3.05, 3.63) is 36.3 Å². The zero-order valence-electron chi connectivity index (χ0n) is 13.8. The lowest BCUT2D eigenvalue weighted by molar-refractivity contribution is -0.136. The number of carbonyl (C=O) groups excluding carboxylic acids is 1. The lowest BCUT2D eigenvalue weighted by atomic mass is 10.1. The summed E-state index contributed by atoms with van der Waals surface area (Å²) in [4.78, 5) is 21.0. The molecule has 3 heterocycles. The summed E-state index contributed by atoms with van der Waals surface area (Å²) >= 11 is 0. The average molecular weight is 374 g/mol. The van der Waals surface area contributed by atoms with E-state index in [0.29, 0.717) is 6.54 Å². The lowest BCUT2D eigenvalue weighted by Gasteiger charge is -2.35. The molecule has 0 radical (unpaired) electrons. The van der Waals surface area contributed by atoms with E-state index >= 15 is 0 Å². The fraction of sp³-hybridized carbons (Fsp3) is 0.500. The van der Waals surface area contributed by atoms with Crippen LogP contribution in [0.1, 0.15) is 12.6 Å². The summed E-state index contributed by atoms with van der Waals surface area (Å²) in [6, 6.07) is 6.00. The molecular weight excluding hydrogens is 349 g/mol. The van der Waals surface area contributed by atoms with Crippen LogP contribution in [0, 0.1) is 5.92 Å². The van der Waals surface area contributed by atoms with Crippen LogP contribution in [0.3, 0.4) is 0 Å². The molecule has 3 rings (SSSR count). The van der Waals surface area contributed by atoms with Gasteiger partial charge in [0.05, 0.1) is 5.69 Å². The Morgan fingerprint density at radius 3 is 2.58 bits per heavy atom. The number of hydrogen-bond acceptors (Lipinski definition) is 4. The molecule has 8 heteroatoms. The highest BCUT2D eigenvalue weighted by molar-refractivity contribution is 5.85. The second kappa shape index (κ2) is 9.22. The summed E-state index contributed by atoms with van der Waals surface area (Å²) in [6.07, 6.45) is 4.08. The third-order valence-electron chi connectivity index (χ3n) is 4.26. The van der Waals surface area contributed by atoms with Crippen molar-refractivity contribution < 1.29 is 4.79 Å². The van der Waals surface area contributed by atoms with Gasteiger partial charge in [-0.25, -0.2) is 4.98 Å². The van der Waals surface area contributed by atoms with Gasteiger partial charge in [0.2, 0.25) is 5.91 Å². The third kappa shape index (κ3) is 4.60. The minimum absolute atomic E-state index is 0. The zero-order valence-corrected chi connectivity index (χ0v) is 15.4. The number of amides is 1. The molecule has 1 aliphatic heterocycles. The number of imidazole rings is 1. The maximum Gasteiger partial charge on any atom is 0.226 e. The minimum Gasteiger partial charge on any atom is -0.340 e. The highest BCUT2D eigenvalue weighted by atomic mass is 35.5. The van der Waals surface area contributed by atoms with E-state index in [1.54, 1.807) is 0 Å². The maximum absolute atomic E-state index is 12.1. The Bertz CT molecular complexity index is 622. The van der Waals surface area contributed by atoms with Crippen molar-refractivity contribution in [3.8, 4) is 0 Å². The van der Waals surface area contributed by atoms with Crippen molar-refractivity contribution >= 4 is 36.4 Å². The number of rotatable bonds is 4. The number of piperazine rings is 1. The van der Waals surface area contributed by atoms with Crippen LogP contribution < -0.4 is 5.73 Å². The monoisotopic (exact) mass is 373 g/mol. The number of aromatic nitrogens is 2. The Morgan fingerprint density at radius 1 is 1.25 bits per heavy atom. The standard InChI is InChI=1S/C16H23N5O.2ClH/c1-13(10-17)16(22)20-8-6-19(7-9-20)11-14-12-21-5-3-2-4-15(21)18-14;;/h2-5,12-13H,6-11,17H2,1H3;2*1H. The largest absolute Gasteiger partial charge is 0.340 e. The molecular formula is C16H25Cl2N5O. The van der Waals surface area contributed by atoms with E-state index in [4.69, 9.17) is 5.73 Å². The second-order valence-electron chi connectivity index (χ2n) is 5.94. The first-order valence-electron chi connectivity index (χ1n) is 7.81. The molecule has 1 fully saturated rings. The van der Waals surface area contributed by atoms with Crippen molar-refractivity contribution in [1.29, 1.82) is 0 Å². The summed E-state index contributed by atoms with van der Waals surface area (Å²) < 4.78 is 2.04. The molecule has 2 N–H and O–H groups in total. The first kappa shape index (κ1) is 20.7. The number of halogens is 2. The lowest BCUT2D eigenvalue weighted by Crippen LogP contribution is -2.50. The van der Waals surface area contributed by atoms with Crippen LogP contribution in [0.5, 0.6) is 0 Å². The van der Waals surface area contributed by atoms with Gasteiger partial charge in [0.15, 0.2) is 0 Å². The van der Waals surface area contributed by atoms with Gasteiger partial charge in [-0.15, -0.1) is 24.8 Å². The SMILES string of the molecule is CC(CN)C(=O)N1CCN(Cc2cn3ccccc3n2)CC1.Cl.Cl. The molecule has 0 saturated carbocycles. The van der Waals surface area contributed by atoms with Crippen molar-refractivity contribution in [1.82, 2.24) is 19.2 Å². The number of hydrogen-bond donors (Lipinski definition) is 1. The van der Waals surface area contributed by atoms with Crippen LogP contribution in [0.15, 0.2) is 30.6 Å². The Morgan fingerprint density at radius 2 is 1.96 bits per heavy atom. The molecule has 2 aromatic heterocycles. The highest BCUT2D eigenvalue weighted by Crippen LogP contribution is 2.11. The topological polar surface area (TPSA) is 66.9 Å². The molecule has 6 nitrogen and oxygen atoms in total. The van der Waals surface area contributed by atoms with Crippen molar-refractivity contribution in [2.45, 2.75) is 13.5 Å². The van der Waals surface area contributed by atoms with Crippen LogP contribution in [-0.2, 0) is 11.3 Å². The molecule has 0 bridgehead atoms. The first-order chi connectivity index (χ1) is 10.7. The smallest absolute Gasteiger partial charge is 0.226 e. The molecule has 1 atom stereocenters. The Hall–Kier alpha value is -1.34. The number of nitrogens with two attached hydrogens (primary N) is 1. The summed E-state index contributed by atoms with van der Waals surface area (Å²) in [6.45, 7) is 6.46. The van der Waals surface area contributed by atoms with Gasteiger partial charge < -0.3 is 15.0 Å².